The van der Waals surface area contributed by atoms with Gasteiger partial charge in [-0.3, -0.25) is 0 Å². The van der Waals surface area contributed by atoms with Gasteiger partial charge < -0.3 is 10.1 Å². The van der Waals surface area contributed by atoms with E-state index in [0.717, 1.165) is 12.3 Å². The predicted molar refractivity (Wildman–Crippen MR) is 76.6 cm³/mol. The lowest BCUT2D eigenvalue weighted by atomic mass is 9.73. The van der Waals surface area contributed by atoms with Gasteiger partial charge in [-0.2, -0.15) is 0 Å². The van der Waals surface area contributed by atoms with Gasteiger partial charge in [0.2, 0.25) is 0 Å². The Bertz CT molecular complexity index is 449. The molecule has 1 heterocycles. The largest absolute Gasteiger partial charge is 0.496 e. The second kappa shape index (κ2) is 4.58. The van der Waals surface area contributed by atoms with Crippen LogP contribution >= 0.6 is 0 Å². The molecule has 2 nitrogen and oxygen atoms in total. The maximum atomic E-state index is 5.51. The van der Waals surface area contributed by atoms with Crippen LogP contribution in [0, 0.1) is 6.92 Å². The van der Waals surface area contributed by atoms with Crippen molar-refractivity contribution in [2.45, 2.75) is 52.0 Å². The first-order valence-corrected chi connectivity index (χ1v) is 6.80. The van der Waals surface area contributed by atoms with Gasteiger partial charge in [-0.1, -0.05) is 19.9 Å². The topological polar surface area (TPSA) is 21.3 Å². The fraction of sp³-hybridized carbons (Fsp3) is 0.625. The van der Waals surface area contributed by atoms with Crippen LogP contribution in [0.2, 0.25) is 0 Å². The van der Waals surface area contributed by atoms with E-state index in [-0.39, 0.29) is 5.54 Å². The molecular weight excluding hydrogens is 222 g/mol. The van der Waals surface area contributed by atoms with E-state index in [4.69, 9.17) is 4.74 Å². The molecular formula is C16H25NO. The van der Waals surface area contributed by atoms with E-state index < -0.39 is 0 Å². The summed E-state index contributed by atoms with van der Waals surface area (Å²) < 4.78 is 5.51. The zero-order valence-electron chi connectivity index (χ0n) is 12.4. The average Bonchev–Trinajstić information content (AvgIpc) is 2.29. The number of ether oxygens (including phenoxy) is 1. The van der Waals surface area contributed by atoms with Crippen molar-refractivity contribution in [3.8, 4) is 5.75 Å². The van der Waals surface area contributed by atoms with Crippen molar-refractivity contribution in [2.75, 3.05) is 13.7 Å². The molecule has 1 atom stereocenters. The maximum absolute atomic E-state index is 5.51. The van der Waals surface area contributed by atoms with E-state index in [1.165, 1.54) is 16.7 Å². The quantitative estimate of drug-likeness (QED) is 0.881. The minimum absolute atomic E-state index is 0.216. The van der Waals surface area contributed by atoms with Crippen LogP contribution in [-0.2, 0) is 0 Å². The van der Waals surface area contributed by atoms with Gasteiger partial charge >= 0.3 is 0 Å². The van der Waals surface area contributed by atoms with Crippen molar-refractivity contribution in [1.82, 2.24) is 5.32 Å². The Morgan fingerprint density at radius 1 is 1.33 bits per heavy atom. The van der Waals surface area contributed by atoms with Crippen molar-refractivity contribution in [3.63, 3.8) is 0 Å². The summed E-state index contributed by atoms with van der Waals surface area (Å²) in [6, 6.07) is 4.55. The number of aryl methyl sites for hydroxylation is 1. The van der Waals surface area contributed by atoms with Gasteiger partial charge in [0.15, 0.2) is 0 Å². The fourth-order valence-corrected chi connectivity index (χ4v) is 2.83. The first kappa shape index (κ1) is 13.4. The molecule has 0 spiro atoms. The van der Waals surface area contributed by atoms with Crippen molar-refractivity contribution in [2.24, 2.45) is 0 Å². The second-order valence-electron chi connectivity index (χ2n) is 6.26. The molecule has 0 bridgehead atoms. The van der Waals surface area contributed by atoms with E-state index in [9.17, 15) is 0 Å². The fourth-order valence-electron chi connectivity index (χ4n) is 2.83. The highest BCUT2D eigenvalue weighted by Crippen LogP contribution is 2.40. The zero-order valence-corrected chi connectivity index (χ0v) is 12.4. The molecule has 1 aromatic carbocycles. The summed E-state index contributed by atoms with van der Waals surface area (Å²) in [4.78, 5) is 0. The Kier molecular flexibility index (Phi) is 3.41. The lowest BCUT2D eigenvalue weighted by Crippen LogP contribution is -2.59. The molecule has 1 aliphatic rings. The molecule has 0 aromatic heterocycles. The third-order valence-electron chi connectivity index (χ3n) is 4.25. The van der Waals surface area contributed by atoms with Crippen LogP contribution in [0.4, 0.5) is 0 Å². The molecule has 1 aliphatic heterocycles. The summed E-state index contributed by atoms with van der Waals surface area (Å²) in [5.41, 5.74) is 4.35. The zero-order chi connectivity index (χ0) is 13.5. The molecule has 1 N–H and O–H groups in total. The number of rotatable bonds is 3. The van der Waals surface area contributed by atoms with Crippen LogP contribution in [0.15, 0.2) is 12.1 Å². The van der Waals surface area contributed by atoms with Gasteiger partial charge in [-0.25, -0.2) is 0 Å². The van der Waals surface area contributed by atoms with Gasteiger partial charge in [0.1, 0.15) is 5.75 Å². The van der Waals surface area contributed by atoms with Crippen molar-refractivity contribution in [3.05, 3.63) is 28.8 Å². The van der Waals surface area contributed by atoms with Crippen LogP contribution in [0.25, 0.3) is 0 Å². The summed E-state index contributed by atoms with van der Waals surface area (Å²) in [6.07, 6.45) is 0. The van der Waals surface area contributed by atoms with Gasteiger partial charge in [0.25, 0.3) is 0 Å². The van der Waals surface area contributed by atoms with Gasteiger partial charge in [-0.05, 0) is 49.4 Å². The van der Waals surface area contributed by atoms with E-state index in [2.05, 4.69) is 52.1 Å². The Morgan fingerprint density at radius 2 is 2.00 bits per heavy atom. The number of nitrogens with one attached hydrogen (secondary N) is 1. The molecule has 1 fully saturated rings. The van der Waals surface area contributed by atoms with Gasteiger partial charge in [-0.15, -0.1) is 0 Å². The molecule has 18 heavy (non-hydrogen) atoms. The molecule has 0 saturated carbocycles. The van der Waals surface area contributed by atoms with Crippen LogP contribution in [0.5, 0.6) is 5.75 Å². The monoisotopic (exact) mass is 247 g/mol. The van der Waals surface area contributed by atoms with E-state index in [1.807, 2.05) is 0 Å². The Morgan fingerprint density at radius 3 is 2.39 bits per heavy atom. The first-order chi connectivity index (χ1) is 8.36. The van der Waals surface area contributed by atoms with Crippen molar-refractivity contribution < 1.29 is 4.74 Å². The molecule has 0 amide bonds. The normalized spacial score (nSPS) is 21.8. The second-order valence-corrected chi connectivity index (χ2v) is 6.26. The van der Waals surface area contributed by atoms with E-state index in [0.29, 0.717) is 11.8 Å². The summed E-state index contributed by atoms with van der Waals surface area (Å²) in [5, 5.41) is 3.51. The predicted octanol–water partition coefficient (Wildman–Crippen LogP) is 3.59. The highest BCUT2D eigenvalue weighted by Gasteiger charge is 2.39. The minimum Gasteiger partial charge on any atom is -0.496 e. The van der Waals surface area contributed by atoms with Gasteiger partial charge in [0, 0.05) is 18.0 Å². The standard InChI is InChI=1S/C16H25NO/c1-10(2)12-8-13(11(3)7-15(12)18-6)14-9-17-16(14,4)5/h7-8,10,14,17H,9H2,1-6H3. The lowest BCUT2D eigenvalue weighted by Gasteiger charge is -2.47. The smallest absolute Gasteiger partial charge is 0.122 e. The Labute approximate surface area is 111 Å². The Hall–Kier alpha value is -1.02. The Balaban J connectivity index is 2.46. The van der Waals surface area contributed by atoms with Crippen molar-refractivity contribution >= 4 is 0 Å². The lowest BCUT2D eigenvalue weighted by molar-refractivity contribution is 0.207. The summed E-state index contributed by atoms with van der Waals surface area (Å²) in [7, 11) is 1.76. The number of benzene rings is 1. The van der Waals surface area contributed by atoms with Crippen LogP contribution in [0.3, 0.4) is 0 Å². The SMILES string of the molecule is COc1cc(C)c(C2CNC2(C)C)cc1C(C)C. The molecule has 0 radical (unpaired) electrons. The number of methoxy groups -OCH3 is 1. The molecule has 0 aliphatic carbocycles. The van der Waals surface area contributed by atoms with E-state index in [1.54, 1.807) is 7.11 Å². The minimum atomic E-state index is 0.216. The summed E-state index contributed by atoms with van der Waals surface area (Å²) in [5.74, 6) is 2.13. The number of hydrogen-bond acceptors (Lipinski definition) is 2. The summed E-state index contributed by atoms with van der Waals surface area (Å²) >= 11 is 0. The molecule has 100 valence electrons. The van der Waals surface area contributed by atoms with Crippen LogP contribution in [0.1, 0.15) is 56.2 Å². The van der Waals surface area contributed by atoms with E-state index >= 15 is 0 Å². The molecule has 1 unspecified atom stereocenters. The molecule has 1 saturated heterocycles. The summed E-state index contributed by atoms with van der Waals surface area (Å²) in [6.45, 7) is 12.3. The number of hydrogen-bond donors (Lipinski definition) is 1. The molecule has 2 heteroatoms. The highest BCUT2D eigenvalue weighted by atomic mass is 16.5. The van der Waals surface area contributed by atoms with Crippen LogP contribution in [-0.4, -0.2) is 19.2 Å². The molecule has 2 rings (SSSR count). The van der Waals surface area contributed by atoms with Crippen LogP contribution < -0.4 is 10.1 Å². The average molecular weight is 247 g/mol. The third-order valence-corrected chi connectivity index (χ3v) is 4.25. The maximum Gasteiger partial charge on any atom is 0.122 e. The highest BCUT2D eigenvalue weighted by molar-refractivity contribution is 5.47. The third kappa shape index (κ3) is 2.14. The van der Waals surface area contributed by atoms with Crippen molar-refractivity contribution in [1.29, 1.82) is 0 Å². The molecule has 1 aromatic rings. The van der Waals surface area contributed by atoms with Gasteiger partial charge in [0.05, 0.1) is 7.11 Å². The first-order valence-electron chi connectivity index (χ1n) is 6.80.